The van der Waals surface area contributed by atoms with Crippen LogP contribution in [0.1, 0.15) is 69.4 Å². The molecule has 3 rings (SSSR count). The number of carbonyl (C=O) groups excluding carboxylic acids is 5. The Kier molecular flexibility index (Phi) is 10.9. The molecule has 192 valence electrons. The molecule has 8 nitrogen and oxygen atoms in total. The number of phenols is 1. The van der Waals surface area contributed by atoms with Crippen LogP contribution in [0.3, 0.4) is 0 Å². The van der Waals surface area contributed by atoms with Gasteiger partial charge in [0.15, 0.2) is 0 Å². The van der Waals surface area contributed by atoms with Gasteiger partial charge in [-0.15, -0.1) is 11.3 Å². The van der Waals surface area contributed by atoms with E-state index >= 15 is 0 Å². The molecule has 36 heavy (non-hydrogen) atoms. The summed E-state index contributed by atoms with van der Waals surface area (Å²) >= 11 is 1.75. The molecule has 0 bridgehead atoms. The van der Waals surface area contributed by atoms with Gasteiger partial charge in [0, 0.05) is 22.8 Å². The Morgan fingerprint density at radius 3 is 2.08 bits per heavy atom. The van der Waals surface area contributed by atoms with Gasteiger partial charge < -0.3 is 10.0 Å². The van der Waals surface area contributed by atoms with Crippen molar-refractivity contribution in [2.75, 3.05) is 0 Å². The Bertz CT molecular complexity index is 1230. The maximum atomic E-state index is 13.6. The van der Waals surface area contributed by atoms with Crippen LogP contribution in [-0.2, 0) is 31.1 Å². The number of carbonyl (C=O) groups is 1. The number of hydrogen-bond acceptors (Lipinski definition) is 8. The standard InChI is InChI=1S/C25H32N2O2S.2CO2/c1-16(24(2,3)4)27(14-17-12-22(30-15-17)25(5,6)7)23(29)21-10-8-18-13-19(28)9-11-20(18)26-21;2*2-1-3/h8-13,15-16,28H,14H2,1-7H3;;/t16-;;/m0../s1. The minimum absolute atomic E-state index is 0.0281. The van der Waals surface area contributed by atoms with E-state index in [-0.39, 0.29) is 40.8 Å². The van der Waals surface area contributed by atoms with E-state index in [0.717, 1.165) is 10.9 Å². The first-order valence-corrected chi connectivity index (χ1v) is 12.0. The van der Waals surface area contributed by atoms with Crippen LogP contribution in [0, 0.1) is 5.41 Å². The minimum Gasteiger partial charge on any atom is -0.508 e. The molecule has 1 aromatic carbocycles. The number of aromatic nitrogens is 1. The number of fused-ring (bicyclic) bond motifs is 1. The Morgan fingerprint density at radius 2 is 1.58 bits per heavy atom. The second kappa shape index (κ2) is 12.9. The number of benzene rings is 1. The van der Waals surface area contributed by atoms with E-state index in [1.807, 2.05) is 11.0 Å². The average Bonchev–Trinajstić information content (AvgIpc) is 3.26. The van der Waals surface area contributed by atoms with Crippen molar-refractivity contribution in [3.05, 3.63) is 57.9 Å². The van der Waals surface area contributed by atoms with E-state index in [4.69, 9.17) is 19.2 Å². The smallest absolute Gasteiger partial charge is 0.373 e. The van der Waals surface area contributed by atoms with Gasteiger partial charge in [0.2, 0.25) is 0 Å². The van der Waals surface area contributed by atoms with Crippen molar-refractivity contribution in [2.24, 2.45) is 5.41 Å². The minimum atomic E-state index is -0.0732. The fourth-order valence-corrected chi connectivity index (χ4v) is 4.27. The van der Waals surface area contributed by atoms with Crippen LogP contribution < -0.4 is 0 Å². The number of nitrogens with zero attached hydrogens (tertiary/aromatic N) is 2. The van der Waals surface area contributed by atoms with E-state index in [1.165, 1.54) is 4.88 Å². The quantitative estimate of drug-likeness (QED) is 0.509. The van der Waals surface area contributed by atoms with Crippen LogP contribution in [-0.4, -0.2) is 39.2 Å². The summed E-state index contributed by atoms with van der Waals surface area (Å²) in [5, 5.41) is 12.7. The van der Waals surface area contributed by atoms with E-state index in [2.05, 4.69) is 64.9 Å². The van der Waals surface area contributed by atoms with Gasteiger partial charge in [-0.05, 0) is 59.0 Å². The first kappa shape index (κ1) is 30.4. The molecule has 0 aliphatic rings. The van der Waals surface area contributed by atoms with Crippen LogP contribution in [0.15, 0.2) is 41.8 Å². The molecule has 1 amide bonds. The monoisotopic (exact) mass is 512 g/mol. The van der Waals surface area contributed by atoms with Gasteiger partial charge >= 0.3 is 12.3 Å². The average molecular weight is 513 g/mol. The number of thiophene rings is 1. The van der Waals surface area contributed by atoms with Gasteiger partial charge in [-0.3, -0.25) is 4.79 Å². The highest BCUT2D eigenvalue weighted by molar-refractivity contribution is 7.10. The van der Waals surface area contributed by atoms with Crippen molar-refractivity contribution in [1.29, 1.82) is 0 Å². The molecule has 2 aromatic heterocycles. The summed E-state index contributed by atoms with van der Waals surface area (Å²) in [4.78, 5) is 53.9. The molecular formula is C27H32N2O6S. The highest BCUT2D eigenvalue weighted by atomic mass is 32.1. The Morgan fingerprint density at radius 1 is 1.00 bits per heavy atom. The number of phenolic OH excluding ortho intramolecular Hbond substituents is 1. The van der Waals surface area contributed by atoms with Crippen LogP contribution in [0.2, 0.25) is 0 Å². The van der Waals surface area contributed by atoms with E-state index < -0.39 is 0 Å². The van der Waals surface area contributed by atoms with Gasteiger partial charge in [-0.2, -0.15) is 19.2 Å². The van der Waals surface area contributed by atoms with Crippen molar-refractivity contribution >= 4 is 40.4 Å². The predicted octanol–water partition coefficient (Wildman–Crippen LogP) is 5.21. The topological polar surface area (TPSA) is 122 Å². The van der Waals surface area contributed by atoms with Gasteiger partial charge in [0.1, 0.15) is 11.4 Å². The van der Waals surface area contributed by atoms with Gasteiger partial charge in [-0.25, -0.2) is 4.98 Å². The first-order valence-electron chi connectivity index (χ1n) is 11.2. The largest absolute Gasteiger partial charge is 0.508 e. The fourth-order valence-electron chi connectivity index (χ4n) is 3.28. The Balaban J connectivity index is 0.000000982. The van der Waals surface area contributed by atoms with Crippen LogP contribution in [0.4, 0.5) is 0 Å². The summed E-state index contributed by atoms with van der Waals surface area (Å²) in [6.07, 6.45) is 0.500. The normalized spacial score (nSPS) is 11.6. The lowest BCUT2D eigenvalue weighted by atomic mass is 9.86. The molecular weight excluding hydrogens is 480 g/mol. The summed E-state index contributed by atoms with van der Waals surface area (Å²) in [6.45, 7) is 15.8. The molecule has 0 fully saturated rings. The molecule has 0 aliphatic heterocycles. The lowest BCUT2D eigenvalue weighted by Gasteiger charge is -2.37. The molecule has 0 radical (unpaired) electrons. The van der Waals surface area contributed by atoms with Crippen molar-refractivity contribution < 1.29 is 29.1 Å². The zero-order valence-corrected chi connectivity index (χ0v) is 22.4. The number of aromatic hydroxyl groups is 1. The number of rotatable bonds is 4. The maximum Gasteiger partial charge on any atom is 0.373 e. The number of hydrogen-bond donors (Lipinski definition) is 1. The van der Waals surface area contributed by atoms with Gasteiger partial charge in [0.05, 0.1) is 5.52 Å². The summed E-state index contributed by atoms with van der Waals surface area (Å²) < 4.78 is 0. The molecule has 9 heteroatoms. The molecule has 0 unspecified atom stereocenters. The van der Waals surface area contributed by atoms with Crippen LogP contribution >= 0.6 is 11.3 Å². The third-order valence-electron chi connectivity index (χ3n) is 5.62. The zero-order chi connectivity index (χ0) is 27.7. The summed E-state index contributed by atoms with van der Waals surface area (Å²) in [7, 11) is 0. The van der Waals surface area contributed by atoms with E-state index in [0.29, 0.717) is 17.8 Å². The SMILES string of the molecule is C[C@H](N(Cc1csc(C(C)(C)C)c1)C(=O)c1ccc2cc(O)ccc2n1)C(C)(C)C.O=C=O.O=C=O. The maximum absolute atomic E-state index is 13.6. The second-order valence-corrected chi connectivity index (χ2v) is 11.2. The Hall–Kier alpha value is -3.64. The molecule has 0 aliphatic carbocycles. The fraction of sp³-hybridized carbons (Fsp3) is 0.407. The molecule has 1 atom stereocenters. The lowest BCUT2D eigenvalue weighted by molar-refractivity contribution is -0.193. The van der Waals surface area contributed by atoms with E-state index in [9.17, 15) is 9.90 Å². The summed E-state index contributed by atoms with van der Waals surface area (Å²) in [5.74, 6) is 0.120. The molecule has 0 spiro atoms. The molecule has 3 aromatic rings. The second-order valence-electron chi connectivity index (χ2n) is 10.3. The predicted molar refractivity (Wildman–Crippen MR) is 135 cm³/mol. The van der Waals surface area contributed by atoms with Crippen molar-refractivity contribution in [1.82, 2.24) is 9.88 Å². The number of pyridine rings is 1. The molecule has 1 N–H and O–H groups in total. The number of amides is 1. The highest BCUT2D eigenvalue weighted by Gasteiger charge is 2.31. The van der Waals surface area contributed by atoms with Crippen LogP contribution in [0.25, 0.3) is 10.9 Å². The summed E-state index contributed by atoms with van der Waals surface area (Å²) in [6, 6.07) is 10.8. The molecule has 0 saturated carbocycles. The summed E-state index contributed by atoms with van der Waals surface area (Å²) in [5.41, 5.74) is 2.31. The highest BCUT2D eigenvalue weighted by Crippen LogP contribution is 2.32. The first-order chi connectivity index (χ1) is 16.7. The van der Waals surface area contributed by atoms with Gasteiger partial charge in [-0.1, -0.05) is 47.6 Å². The van der Waals surface area contributed by atoms with Crippen molar-refractivity contribution in [3.8, 4) is 5.75 Å². The van der Waals surface area contributed by atoms with Crippen molar-refractivity contribution in [3.63, 3.8) is 0 Å². The van der Waals surface area contributed by atoms with E-state index in [1.54, 1.807) is 35.6 Å². The molecule has 0 saturated heterocycles. The molecule has 2 heterocycles. The third-order valence-corrected chi connectivity index (χ3v) is 7.02. The zero-order valence-electron chi connectivity index (χ0n) is 21.6. The van der Waals surface area contributed by atoms with Gasteiger partial charge in [0.25, 0.3) is 5.91 Å². The Labute approximate surface area is 215 Å². The van der Waals surface area contributed by atoms with Crippen LogP contribution in [0.5, 0.6) is 5.75 Å². The third kappa shape index (κ3) is 8.54. The lowest BCUT2D eigenvalue weighted by Crippen LogP contribution is -2.45. The van der Waals surface area contributed by atoms with Crippen molar-refractivity contribution in [2.45, 2.75) is 66.5 Å².